The van der Waals surface area contributed by atoms with Crippen LogP contribution in [0.2, 0.25) is 0 Å². The van der Waals surface area contributed by atoms with Gasteiger partial charge in [-0.05, 0) is 42.3 Å². The zero-order chi connectivity index (χ0) is 20.4. The number of hydrogen-bond donors (Lipinski definition) is 1. The molecule has 1 N–H and O–H groups in total. The zero-order valence-corrected chi connectivity index (χ0v) is 16.5. The number of aromatic nitrogens is 4. The maximum Gasteiger partial charge on any atom is 0.259 e. The van der Waals surface area contributed by atoms with Crippen molar-refractivity contribution in [2.45, 2.75) is 20.5 Å². The van der Waals surface area contributed by atoms with E-state index >= 15 is 0 Å². The molecule has 2 aromatic heterocycles. The topological polar surface area (TPSA) is 93.9 Å². The lowest BCUT2D eigenvalue weighted by Crippen LogP contribution is -2.11. The average molecular weight is 409 g/mol. The van der Waals surface area contributed by atoms with E-state index in [0.29, 0.717) is 39.2 Å². The van der Waals surface area contributed by atoms with Crippen LogP contribution in [0.1, 0.15) is 28.7 Å². The van der Waals surface area contributed by atoms with Gasteiger partial charge in [0.25, 0.3) is 5.56 Å². The van der Waals surface area contributed by atoms with Crippen molar-refractivity contribution in [1.82, 2.24) is 20.1 Å². The van der Waals surface area contributed by atoms with E-state index in [1.165, 1.54) is 0 Å². The van der Waals surface area contributed by atoms with Crippen LogP contribution in [0.25, 0.3) is 22.0 Å². The number of ether oxygens (including phenoxy) is 1. The van der Waals surface area contributed by atoms with E-state index in [0.717, 1.165) is 11.1 Å². The lowest BCUT2D eigenvalue weighted by atomic mass is 10.1. The van der Waals surface area contributed by atoms with E-state index in [9.17, 15) is 4.79 Å². The second-order valence-electron chi connectivity index (χ2n) is 6.47. The third kappa shape index (κ3) is 4.20. The highest BCUT2D eigenvalue weighted by molar-refractivity contribution is 6.50. The van der Waals surface area contributed by atoms with Gasteiger partial charge in [0.05, 0.1) is 15.9 Å². The molecule has 2 aromatic carbocycles. The number of halogens is 1. The first kappa shape index (κ1) is 18.9. The van der Waals surface area contributed by atoms with Crippen molar-refractivity contribution in [2.75, 3.05) is 0 Å². The van der Waals surface area contributed by atoms with Gasteiger partial charge in [0, 0.05) is 6.92 Å². The second-order valence-corrected chi connectivity index (χ2v) is 6.87. The summed E-state index contributed by atoms with van der Waals surface area (Å²) in [5, 5.41) is 4.66. The quantitative estimate of drug-likeness (QED) is 0.530. The Hall–Kier alpha value is -3.45. The van der Waals surface area contributed by atoms with Gasteiger partial charge < -0.3 is 14.2 Å². The fraction of sp³-hybridized carbons (Fsp3) is 0.143. The van der Waals surface area contributed by atoms with Crippen molar-refractivity contribution in [3.05, 3.63) is 81.5 Å². The Morgan fingerprint density at radius 1 is 1.17 bits per heavy atom. The number of nitrogens with one attached hydrogen (secondary N) is 1. The molecule has 0 saturated carbocycles. The number of aromatic amines is 1. The first-order valence-corrected chi connectivity index (χ1v) is 9.26. The van der Waals surface area contributed by atoms with E-state index in [-0.39, 0.29) is 12.2 Å². The first-order valence-electron chi connectivity index (χ1n) is 8.89. The molecule has 7 nitrogen and oxygen atoms in total. The standard InChI is InChI=1S/C21H17ClN4O3/c1-12-4-3-5-16-19(12)24-20(25-21(16)27)17(22)10-14-6-8-15(9-7-14)28-11-18-23-13(2)29-26-18/h3-10H,11H2,1-2H3,(H,24,25,27)/b17-10-. The van der Waals surface area contributed by atoms with Crippen LogP contribution < -0.4 is 10.3 Å². The Kier molecular flexibility index (Phi) is 5.14. The third-order valence-corrected chi connectivity index (χ3v) is 4.56. The van der Waals surface area contributed by atoms with Crippen molar-refractivity contribution in [2.24, 2.45) is 0 Å². The van der Waals surface area contributed by atoms with Crippen molar-refractivity contribution in [3.63, 3.8) is 0 Å². The molecule has 0 atom stereocenters. The molecule has 0 radical (unpaired) electrons. The van der Waals surface area contributed by atoms with Crippen molar-refractivity contribution < 1.29 is 9.26 Å². The van der Waals surface area contributed by atoms with E-state index in [4.69, 9.17) is 20.9 Å². The molecule has 4 rings (SSSR count). The van der Waals surface area contributed by atoms with E-state index in [1.54, 1.807) is 19.1 Å². The Morgan fingerprint density at radius 3 is 2.69 bits per heavy atom. The third-order valence-electron chi connectivity index (χ3n) is 4.28. The molecular weight excluding hydrogens is 392 g/mol. The number of fused-ring (bicyclic) bond motifs is 1. The Morgan fingerprint density at radius 2 is 1.97 bits per heavy atom. The molecule has 0 unspecified atom stereocenters. The summed E-state index contributed by atoms with van der Waals surface area (Å²) in [6.45, 7) is 3.85. The minimum absolute atomic E-state index is 0.217. The summed E-state index contributed by atoms with van der Waals surface area (Å²) in [6, 6.07) is 12.8. The summed E-state index contributed by atoms with van der Waals surface area (Å²) in [6.07, 6.45) is 1.73. The maximum atomic E-state index is 12.3. The Balaban J connectivity index is 1.54. The van der Waals surface area contributed by atoms with Gasteiger partial charge in [0.2, 0.25) is 11.7 Å². The molecule has 29 heavy (non-hydrogen) atoms. The number of benzene rings is 2. The fourth-order valence-corrected chi connectivity index (χ4v) is 3.06. The van der Waals surface area contributed by atoms with Crippen molar-refractivity contribution >= 4 is 33.6 Å². The monoisotopic (exact) mass is 408 g/mol. The van der Waals surface area contributed by atoms with Gasteiger partial charge in [-0.15, -0.1) is 0 Å². The molecule has 0 spiro atoms. The second kappa shape index (κ2) is 7.89. The lowest BCUT2D eigenvalue weighted by Gasteiger charge is -2.05. The van der Waals surface area contributed by atoms with Gasteiger partial charge in [-0.1, -0.05) is 41.0 Å². The van der Waals surface area contributed by atoms with Gasteiger partial charge in [-0.25, -0.2) is 4.98 Å². The predicted octanol–water partition coefficient (Wildman–Crippen LogP) is 4.24. The molecule has 4 aromatic rings. The minimum Gasteiger partial charge on any atom is -0.485 e. The van der Waals surface area contributed by atoms with Crippen molar-refractivity contribution in [3.8, 4) is 5.75 Å². The summed E-state index contributed by atoms with van der Waals surface area (Å²) < 4.78 is 10.5. The van der Waals surface area contributed by atoms with Gasteiger partial charge in [0.15, 0.2) is 12.4 Å². The number of rotatable bonds is 5. The molecule has 8 heteroatoms. The van der Waals surface area contributed by atoms with E-state index in [1.807, 2.05) is 43.3 Å². The van der Waals surface area contributed by atoms with Gasteiger partial charge in [-0.2, -0.15) is 4.98 Å². The van der Waals surface area contributed by atoms with E-state index < -0.39 is 0 Å². The number of H-pyrrole nitrogens is 1. The maximum absolute atomic E-state index is 12.3. The zero-order valence-electron chi connectivity index (χ0n) is 15.8. The number of hydrogen-bond acceptors (Lipinski definition) is 6. The van der Waals surface area contributed by atoms with Crippen LogP contribution >= 0.6 is 11.6 Å². The minimum atomic E-state index is -0.222. The molecule has 0 aliphatic carbocycles. The van der Waals surface area contributed by atoms with Crippen molar-refractivity contribution in [1.29, 1.82) is 0 Å². The Bertz CT molecular complexity index is 1260. The summed E-state index contributed by atoms with van der Waals surface area (Å²) in [5.41, 5.74) is 2.17. The highest BCUT2D eigenvalue weighted by Crippen LogP contribution is 2.22. The fourth-order valence-electron chi connectivity index (χ4n) is 2.84. The highest BCUT2D eigenvalue weighted by atomic mass is 35.5. The molecule has 0 aliphatic heterocycles. The molecule has 0 saturated heterocycles. The molecule has 0 amide bonds. The molecule has 2 heterocycles. The largest absolute Gasteiger partial charge is 0.485 e. The Labute approximate surface area is 171 Å². The molecule has 0 bridgehead atoms. The summed E-state index contributed by atoms with van der Waals surface area (Å²) in [5.74, 6) is 1.96. The molecular formula is C21H17ClN4O3. The predicted molar refractivity (Wildman–Crippen MR) is 111 cm³/mol. The lowest BCUT2D eigenvalue weighted by molar-refractivity contribution is 0.285. The van der Waals surface area contributed by atoms with Crippen LogP contribution in [0.15, 0.2) is 51.8 Å². The SMILES string of the molecule is Cc1nc(COc2ccc(/C=C(\Cl)c3nc4c(C)cccc4c(=O)[nH]3)cc2)no1. The number of aryl methyl sites for hydroxylation is 2. The van der Waals surface area contributed by atoms with Crippen LogP contribution in [0, 0.1) is 13.8 Å². The highest BCUT2D eigenvalue weighted by Gasteiger charge is 2.09. The molecule has 0 aliphatic rings. The average Bonchev–Trinajstić information content (AvgIpc) is 3.13. The summed E-state index contributed by atoms with van der Waals surface area (Å²) in [4.78, 5) is 23.7. The van der Waals surface area contributed by atoms with E-state index in [2.05, 4.69) is 20.1 Å². The van der Waals surface area contributed by atoms with Crippen LogP contribution in [-0.2, 0) is 6.61 Å². The summed E-state index contributed by atoms with van der Waals surface area (Å²) in [7, 11) is 0. The van der Waals surface area contributed by atoms with Crippen LogP contribution in [0.3, 0.4) is 0 Å². The van der Waals surface area contributed by atoms with Crippen LogP contribution in [0.4, 0.5) is 0 Å². The smallest absolute Gasteiger partial charge is 0.259 e. The number of para-hydroxylation sites is 1. The first-order chi connectivity index (χ1) is 14.0. The van der Waals surface area contributed by atoms with Gasteiger partial charge >= 0.3 is 0 Å². The van der Waals surface area contributed by atoms with Gasteiger partial charge in [-0.3, -0.25) is 4.79 Å². The van der Waals surface area contributed by atoms with Gasteiger partial charge in [0.1, 0.15) is 5.75 Å². The number of nitrogens with zero attached hydrogens (tertiary/aromatic N) is 3. The summed E-state index contributed by atoms with van der Waals surface area (Å²) >= 11 is 6.42. The normalized spacial score (nSPS) is 11.8. The molecule has 0 fully saturated rings. The van der Waals surface area contributed by atoms with Crippen LogP contribution in [-0.4, -0.2) is 20.1 Å². The molecule has 146 valence electrons. The van der Waals surface area contributed by atoms with Crippen LogP contribution in [0.5, 0.6) is 5.75 Å².